The number of rotatable bonds is 3. The minimum absolute atomic E-state index is 0.162. The van der Waals surface area contributed by atoms with Crippen LogP contribution in [0, 0.1) is 23.3 Å². The van der Waals surface area contributed by atoms with Crippen LogP contribution in [0.2, 0.25) is 0 Å². The van der Waals surface area contributed by atoms with Crippen LogP contribution in [0.1, 0.15) is 0 Å². The summed E-state index contributed by atoms with van der Waals surface area (Å²) in [5.41, 5.74) is -0.0734. The second-order valence-corrected chi connectivity index (χ2v) is 4.38. The molecule has 0 saturated heterocycles. The van der Waals surface area contributed by atoms with Gasteiger partial charge in [0.2, 0.25) is 0 Å². The average Bonchev–Trinajstić information content (AvgIpc) is 2.99. The van der Waals surface area contributed by atoms with Crippen molar-refractivity contribution in [2.24, 2.45) is 0 Å². The van der Waals surface area contributed by atoms with Crippen molar-refractivity contribution >= 4 is 0 Å². The number of aromatic amines is 1. The van der Waals surface area contributed by atoms with Gasteiger partial charge in [0.05, 0.1) is 11.3 Å². The van der Waals surface area contributed by atoms with Gasteiger partial charge in [0, 0.05) is 12.3 Å². The van der Waals surface area contributed by atoms with Gasteiger partial charge in [-0.15, -0.1) is 0 Å². The number of benzene rings is 2. The first-order valence-corrected chi connectivity index (χ1v) is 6.17. The highest BCUT2D eigenvalue weighted by Gasteiger charge is 2.20. The Bertz CT molecular complexity index is 819. The van der Waals surface area contributed by atoms with Crippen LogP contribution >= 0.6 is 0 Å². The second-order valence-electron chi connectivity index (χ2n) is 4.38. The molecule has 0 fully saturated rings. The van der Waals surface area contributed by atoms with Crippen molar-refractivity contribution in [1.29, 1.82) is 0 Å². The summed E-state index contributed by atoms with van der Waals surface area (Å²) < 4.78 is 59.7. The monoisotopic (exact) mass is 308 g/mol. The molecule has 0 radical (unpaired) electrons. The van der Waals surface area contributed by atoms with E-state index in [9.17, 15) is 17.6 Å². The molecule has 3 nitrogen and oxygen atoms in total. The molecular weight excluding hydrogens is 300 g/mol. The first kappa shape index (κ1) is 14.1. The smallest absolute Gasteiger partial charge is 0.175 e. The molecule has 0 aliphatic rings. The van der Waals surface area contributed by atoms with E-state index < -0.39 is 34.8 Å². The number of H-pyrrole nitrogens is 1. The minimum atomic E-state index is -1.03. The van der Waals surface area contributed by atoms with Gasteiger partial charge in [0.1, 0.15) is 11.6 Å². The topological polar surface area (TPSA) is 37.9 Å². The van der Waals surface area contributed by atoms with Crippen molar-refractivity contribution in [2.75, 3.05) is 0 Å². The highest BCUT2D eigenvalue weighted by Crippen LogP contribution is 2.37. The van der Waals surface area contributed by atoms with E-state index in [1.165, 1.54) is 12.3 Å². The molecule has 0 spiro atoms. The van der Waals surface area contributed by atoms with Gasteiger partial charge in [-0.25, -0.2) is 17.6 Å². The molecule has 1 heterocycles. The largest absolute Gasteiger partial charge is 0.450 e. The number of aromatic nitrogens is 2. The van der Waals surface area contributed by atoms with E-state index in [-0.39, 0.29) is 11.3 Å². The first-order valence-electron chi connectivity index (χ1n) is 6.17. The first-order chi connectivity index (χ1) is 10.6. The predicted octanol–water partition coefficient (Wildman–Crippen LogP) is 4.43. The van der Waals surface area contributed by atoms with Crippen molar-refractivity contribution in [3.63, 3.8) is 0 Å². The summed E-state index contributed by atoms with van der Waals surface area (Å²) in [7, 11) is 0. The fourth-order valence-corrected chi connectivity index (χ4v) is 1.95. The molecule has 2 aromatic carbocycles. The van der Waals surface area contributed by atoms with E-state index in [0.29, 0.717) is 6.07 Å². The van der Waals surface area contributed by atoms with Crippen molar-refractivity contribution in [3.8, 4) is 22.8 Å². The maximum absolute atomic E-state index is 14.0. The van der Waals surface area contributed by atoms with Crippen LogP contribution in [0.4, 0.5) is 17.6 Å². The van der Waals surface area contributed by atoms with Crippen molar-refractivity contribution in [3.05, 3.63) is 65.9 Å². The van der Waals surface area contributed by atoms with E-state index in [1.807, 2.05) is 0 Å². The molecule has 0 atom stereocenters. The highest BCUT2D eigenvalue weighted by atomic mass is 19.1. The summed E-state index contributed by atoms with van der Waals surface area (Å²) in [6.07, 6.45) is 1.35. The number of ether oxygens (including phenoxy) is 1. The van der Waals surface area contributed by atoms with Gasteiger partial charge < -0.3 is 4.74 Å². The predicted molar refractivity (Wildman–Crippen MR) is 70.4 cm³/mol. The van der Waals surface area contributed by atoms with Gasteiger partial charge in [-0.2, -0.15) is 5.10 Å². The van der Waals surface area contributed by atoms with E-state index in [0.717, 1.165) is 24.3 Å². The van der Waals surface area contributed by atoms with Gasteiger partial charge in [0.25, 0.3) is 0 Å². The molecule has 0 saturated carbocycles. The third kappa shape index (κ3) is 2.52. The standard InChI is InChI=1S/C15H8F4N2O/c16-8-1-4-13(11(19)7-8)22-15-10(18)3-2-9(17)14(15)12-5-6-20-21-12/h1-7H,(H,20,21). The van der Waals surface area contributed by atoms with E-state index in [1.54, 1.807) is 0 Å². The van der Waals surface area contributed by atoms with Gasteiger partial charge in [-0.1, -0.05) is 0 Å². The van der Waals surface area contributed by atoms with Crippen molar-refractivity contribution in [1.82, 2.24) is 10.2 Å². The Kier molecular flexibility index (Phi) is 3.54. The van der Waals surface area contributed by atoms with Gasteiger partial charge in [-0.05, 0) is 30.3 Å². The van der Waals surface area contributed by atoms with Crippen LogP contribution in [0.15, 0.2) is 42.6 Å². The Morgan fingerprint density at radius 2 is 1.64 bits per heavy atom. The molecule has 112 valence electrons. The lowest BCUT2D eigenvalue weighted by molar-refractivity contribution is 0.410. The fourth-order valence-electron chi connectivity index (χ4n) is 1.95. The molecule has 0 unspecified atom stereocenters. The Morgan fingerprint density at radius 1 is 0.864 bits per heavy atom. The quantitative estimate of drug-likeness (QED) is 0.727. The summed E-state index contributed by atoms with van der Waals surface area (Å²) >= 11 is 0. The molecule has 1 N–H and O–H groups in total. The molecule has 22 heavy (non-hydrogen) atoms. The van der Waals surface area contributed by atoms with E-state index >= 15 is 0 Å². The number of nitrogens with one attached hydrogen (secondary N) is 1. The van der Waals surface area contributed by atoms with Crippen LogP contribution in [0.25, 0.3) is 11.3 Å². The van der Waals surface area contributed by atoms with Crippen LogP contribution < -0.4 is 4.74 Å². The second kappa shape index (κ2) is 5.51. The van der Waals surface area contributed by atoms with Crippen LogP contribution in [-0.4, -0.2) is 10.2 Å². The van der Waals surface area contributed by atoms with E-state index in [2.05, 4.69) is 10.2 Å². The molecule has 0 aliphatic heterocycles. The average molecular weight is 308 g/mol. The number of nitrogens with zero attached hydrogens (tertiary/aromatic N) is 1. The van der Waals surface area contributed by atoms with Crippen LogP contribution in [-0.2, 0) is 0 Å². The Balaban J connectivity index is 2.12. The Morgan fingerprint density at radius 3 is 2.32 bits per heavy atom. The lowest BCUT2D eigenvalue weighted by atomic mass is 10.1. The summed E-state index contributed by atoms with van der Waals surface area (Å²) in [4.78, 5) is 0. The third-order valence-electron chi connectivity index (χ3n) is 2.93. The normalized spacial score (nSPS) is 10.7. The lowest BCUT2D eigenvalue weighted by Gasteiger charge is -2.12. The zero-order valence-electron chi connectivity index (χ0n) is 10.9. The lowest BCUT2D eigenvalue weighted by Crippen LogP contribution is -1.97. The molecule has 3 aromatic rings. The minimum Gasteiger partial charge on any atom is -0.450 e. The molecule has 0 bridgehead atoms. The van der Waals surface area contributed by atoms with Crippen molar-refractivity contribution in [2.45, 2.75) is 0 Å². The summed E-state index contributed by atoms with van der Waals surface area (Å²) in [5, 5.41) is 6.13. The Hall–Kier alpha value is -2.83. The van der Waals surface area contributed by atoms with Crippen LogP contribution in [0.5, 0.6) is 11.5 Å². The maximum Gasteiger partial charge on any atom is 0.175 e. The summed E-state index contributed by atoms with van der Waals surface area (Å²) in [6.45, 7) is 0. The molecule has 0 aliphatic carbocycles. The SMILES string of the molecule is Fc1ccc(Oc2c(F)ccc(F)c2-c2ccn[nH]2)c(F)c1. The zero-order chi connectivity index (χ0) is 15.7. The van der Waals surface area contributed by atoms with Gasteiger partial charge >= 0.3 is 0 Å². The summed E-state index contributed by atoms with van der Waals surface area (Å²) in [5.74, 6) is -4.45. The molecule has 3 rings (SSSR count). The number of hydrogen-bond donors (Lipinski definition) is 1. The Labute approximate surface area is 122 Å². The van der Waals surface area contributed by atoms with Gasteiger partial charge in [0.15, 0.2) is 23.1 Å². The number of hydrogen-bond acceptors (Lipinski definition) is 2. The molecule has 7 heteroatoms. The maximum atomic E-state index is 14.0. The van der Waals surface area contributed by atoms with Crippen LogP contribution in [0.3, 0.4) is 0 Å². The molecule has 0 amide bonds. The number of halogens is 4. The van der Waals surface area contributed by atoms with Crippen molar-refractivity contribution < 1.29 is 22.3 Å². The van der Waals surface area contributed by atoms with Gasteiger partial charge in [-0.3, -0.25) is 5.10 Å². The molecule has 1 aromatic heterocycles. The summed E-state index contributed by atoms with van der Waals surface area (Å²) in [6, 6.07) is 5.71. The fraction of sp³-hybridized carbons (Fsp3) is 0. The highest BCUT2D eigenvalue weighted by molar-refractivity contribution is 5.68. The van der Waals surface area contributed by atoms with E-state index in [4.69, 9.17) is 4.74 Å². The zero-order valence-corrected chi connectivity index (χ0v) is 10.9. The molecular formula is C15H8F4N2O. The third-order valence-corrected chi connectivity index (χ3v) is 2.93.